The summed E-state index contributed by atoms with van der Waals surface area (Å²) in [6.07, 6.45) is 5.22. The minimum Gasteiger partial charge on any atom is -0.306 e. The van der Waals surface area contributed by atoms with E-state index in [0.717, 1.165) is 17.7 Å². The molecule has 1 saturated carbocycles. The quantitative estimate of drug-likeness (QED) is 0.454. The van der Waals surface area contributed by atoms with Crippen molar-refractivity contribution in [2.45, 2.75) is 32.6 Å². The van der Waals surface area contributed by atoms with Crippen LogP contribution in [-0.4, -0.2) is 30.9 Å². The lowest BCUT2D eigenvalue weighted by Gasteiger charge is -2.15. The molecule has 0 aromatic heterocycles. The predicted molar refractivity (Wildman–Crippen MR) is 59.3 cm³/mol. The van der Waals surface area contributed by atoms with Crippen LogP contribution in [0.1, 0.15) is 32.6 Å². The summed E-state index contributed by atoms with van der Waals surface area (Å²) in [4.78, 5) is 2.47. The fraction of sp³-hybridized carbons (Fsp3) is 1.00. The van der Waals surface area contributed by atoms with E-state index in [0.29, 0.717) is 0 Å². The van der Waals surface area contributed by atoms with Crippen molar-refractivity contribution in [3.63, 3.8) is 0 Å². The highest BCUT2D eigenvalue weighted by atomic mass is 35.5. The van der Waals surface area contributed by atoms with Crippen LogP contribution in [0.15, 0.2) is 0 Å². The van der Waals surface area contributed by atoms with Crippen LogP contribution in [0.25, 0.3) is 0 Å². The van der Waals surface area contributed by atoms with Crippen LogP contribution in [-0.2, 0) is 0 Å². The lowest BCUT2D eigenvalue weighted by atomic mass is 10.2. The number of rotatable bonds is 7. The average molecular weight is 204 g/mol. The van der Waals surface area contributed by atoms with Crippen LogP contribution in [0, 0.1) is 11.8 Å². The molecule has 0 amide bonds. The Morgan fingerprint density at radius 1 is 1.31 bits per heavy atom. The first-order chi connectivity index (χ1) is 6.24. The average Bonchev–Trinajstić information content (AvgIpc) is 2.76. The minimum atomic E-state index is 0.823. The van der Waals surface area contributed by atoms with E-state index in [1.165, 1.54) is 38.8 Å². The van der Waals surface area contributed by atoms with Crippen molar-refractivity contribution in [3.8, 4) is 0 Å². The first-order valence-electron chi connectivity index (χ1n) is 5.48. The maximum absolute atomic E-state index is 5.62. The number of unbranched alkanes of at least 4 members (excludes halogenated alkanes) is 2. The molecule has 2 unspecified atom stereocenters. The summed E-state index contributed by atoms with van der Waals surface area (Å²) in [7, 11) is 2.24. The van der Waals surface area contributed by atoms with E-state index in [2.05, 4.69) is 18.9 Å². The molecule has 1 rings (SSSR count). The fourth-order valence-corrected chi connectivity index (χ4v) is 1.99. The van der Waals surface area contributed by atoms with Crippen LogP contribution in [0.2, 0.25) is 0 Å². The third-order valence-electron chi connectivity index (χ3n) is 3.00. The summed E-state index contributed by atoms with van der Waals surface area (Å²) in [5.74, 6) is 2.81. The molecule has 1 aliphatic carbocycles. The SMILES string of the molecule is CC1CC1CN(C)CCCCCCl. The van der Waals surface area contributed by atoms with Gasteiger partial charge in [-0.25, -0.2) is 0 Å². The number of halogens is 1. The predicted octanol–water partition coefficient (Wildman–Crippen LogP) is 2.98. The van der Waals surface area contributed by atoms with Crippen LogP contribution < -0.4 is 0 Å². The van der Waals surface area contributed by atoms with Gasteiger partial charge < -0.3 is 4.90 Å². The van der Waals surface area contributed by atoms with Gasteiger partial charge in [-0.2, -0.15) is 0 Å². The summed E-state index contributed by atoms with van der Waals surface area (Å²) in [5, 5.41) is 0. The van der Waals surface area contributed by atoms with Gasteiger partial charge in [-0.1, -0.05) is 13.3 Å². The number of hydrogen-bond donors (Lipinski definition) is 0. The Morgan fingerprint density at radius 2 is 2.00 bits per heavy atom. The zero-order chi connectivity index (χ0) is 9.68. The Labute approximate surface area is 87.4 Å². The second-order valence-corrected chi connectivity index (χ2v) is 4.86. The lowest BCUT2D eigenvalue weighted by molar-refractivity contribution is 0.307. The van der Waals surface area contributed by atoms with E-state index in [9.17, 15) is 0 Å². The van der Waals surface area contributed by atoms with E-state index in [-0.39, 0.29) is 0 Å². The lowest BCUT2D eigenvalue weighted by Crippen LogP contribution is -2.22. The molecule has 0 spiro atoms. The van der Waals surface area contributed by atoms with Gasteiger partial charge >= 0.3 is 0 Å². The van der Waals surface area contributed by atoms with Crippen LogP contribution >= 0.6 is 11.6 Å². The van der Waals surface area contributed by atoms with Gasteiger partial charge in [0.15, 0.2) is 0 Å². The van der Waals surface area contributed by atoms with Gasteiger partial charge in [-0.15, -0.1) is 11.6 Å². The van der Waals surface area contributed by atoms with Crippen molar-refractivity contribution >= 4 is 11.6 Å². The number of alkyl halides is 1. The molecule has 0 aromatic carbocycles. The molecular formula is C11H22ClN. The normalized spacial score (nSPS) is 26.8. The molecule has 0 N–H and O–H groups in total. The van der Waals surface area contributed by atoms with E-state index in [4.69, 9.17) is 11.6 Å². The third kappa shape index (κ3) is 4.87. The van der Waals surface area contributed by atoms with Crippen molar-refractivity contribution < 1.29 is 0 Å². The molecule has 1 nitrogen and oxygen atoms in total. The molecule has 78 valence electrons. The van der Waals surface area contributed by atoms with Crippen LogP contribution in [0.5, 0.6) is 0 Å². The smallest absolute Gasteiger partial charge is 0.0223 e. The van der Waals surface area contributed by atoms with Crippen molar-refractivity contribution in [3.05, 3.63) is 0 Å². The first-order valence-corrected chi connectivity index (χ1v) is 6.02. The Morgan fingerprint density at radius 3 is 2.54 bits per heavy atom. The summed E-state index contributed by atoms with van der Waals surface area (Å²) < 4.78 is 0. The highest BCUT2D eigenvalue weighted by Crippen LogP contribution is 2.37. The Bertz CT molecular complexity index is 138. The maximum atomic E-state index is 5.62. The summed E-state index contributed by atoms with van der Waals surface area (Å²) in [5.41, 5.74) is 0. The second-order valence-electron chi connectivity index (χ2n) is 4.48. The number of hydrogen-bond acceptors (Lipinski definition) is 1. The topological polar surface area (TPSA) is 3.24 Å². The van der Waals surface area contributed by atoms with E-state index >= 15 is 0 Å². The van der Waals surface area contributed by atoms with Gasteiger partial charge in [0.25, 0.3) is 0 Å². The van der Waals surface area contributed by atoms with Gasteiger partial charge in [-0.05, 0) is 44.7 Å². The third-order valence-corrected chi connectivity index (χ3v) is 3.26. The minimum absolute atomic E-state index is 0.823. The first kappa shape index (κ1) is 11.3. The van der Waals surface area contributed by atoms with Gasteiger partial charge in [0.05, 0.1) is 0 Å². The maximum Gasteiger partial charge on any atom is 0.0223 e. The van der Waals surface area contributed by atoms with Crippen molar-refractivity contribution in [1.82, 2.24) is 4.90 Å². The Hall–Kier alpha value is 0.250. The summed E-state index contributed by atoms with van der Waals surface area (Å²) in [6, 6.07) is 0. The molecule has 1 fully saturated rings. The standard InChI is InChI=1S/C11H22ClN/c1-10-8-11(10)9-13(2)7-5-3-4-6-12/h10-11H,3-9H2,1-2H3. The van der Waals surface area contributed by atoms with E-state index < -0.39 is 0 Å². The van der Waals surface area contributed by atoms with Gasteiger partial charge in [0.1, 0.15) is 0 Å². The van der Waals surface area contributed by atoms with Crippen molar-refractivity contribution in [2.75, 3.05) is 26.0 Å². The highest BCUT2D eigenvalue weighted by Gasteiger charge is 2.32. The molecule has 0 aromatic rings. The molecule has 0 radical (unpaired) electrons. The van der Waals surface area contributed by atoms with Gasteiger partial charge in [0.2, 0.25) is 0 Å². The van der Waals surface area contributed by atoms with Crippen LogP contribution in [0.4, 0.5) is 0 Å². The molecule has 1 aliphatic rings. The summed E-state index contributed by atoms with van der Waals surface area (Å²) in [6.45, 7) is 4.91. The molecule has 2 atom stereocenters. The zero-order valence-corrected chi connectivity index (χ0v) is 9.69. The molecule has 0 bridgehead atoms. The molecule has 0 saturated heterocycles. The fourth-order valence-electron chi connectivity index (χ4n) is 1.80. The van der Waals surface area contributed by atoms with Crippen molar-refractivity contribution in [1.29, 1.82) is 0 Å². The summed E-state index contributed by atoms with van der Waals surface area (Å²) >= 11 is 5.62. The monoisotopic (exact) mass is 203 g/mol. The van der Waals surface area contributed by atoms with E-state index in [1.54, 1.807) is 0 Å². The molecule has 13 heavy (non-hydrogen) atoms. The molecule has 2 heteroatoms. The zero-order valence-electron chi connectivity index (χ0n) is 8.93. The van der Waals surface area contributed by atoms with Gasteiger partial charge in [-0.3, -0.25) is 0 Å². The molecule has 0 aliphatic heterocycles. The Balaban J connectivity index is 1.89. The second kappa shape index (κ2) is 5.87. The van der Waals surface area contributed by atoms with Crippen LogP contribution in [0.3, 0.4) is 0 Å². The van der Waals surface area contributed by atoms with Crippen molar-refractivity contribution in [2.24, 2.45) is 11.8 Å². The largest absolute Gasteiger partial charge is 0.306 e. The molecule has 0 heterocycles. The molecular weight excluding hydrogens is 182 g/mol. The number of nitrogens with zero attached hydrogens (tertiary/aromatic N) is 1. The van der Waals surface area contributed by atoms with Gasteiger partial charge in [0, 0.05) is 12.4 Å². The van der Waals surface area contributed by atoms with E-state index in [1.807, 2.05) is 0 Å². The highest BCUT2D eigenvalue weighted by molar-refractivity contribution is 6.17. The Kier molecular flexibility index (Phi) is 5.12.